The molecule has 0 radical (unpaired) electrons. The number of cyclic esters (lactones) is 1. The van der Waals surface area contributed by atoms with E-state index in [0.29, 0.717) is 30.6 Å². The van der Waals surface area contributed by atoms with Gasteiger partial charge in [0.25, 0.3) is 0 Å². The molecule has 2 saturated heterocycles. The zero-order chi connectivity index (χ0) is 18.7. The van der Waals surface area contributed by atoms with E-state index in [2.05, 4.69) is 10.6 Å². The van der Waals surface area contributed by atoms with Gasteiger partial charge in [0.2, 0.25) is 11.8 Å². The molecule has 0 aromatic heterocycles. The van der Waals surface area contributed by atoms with Gasteiger partial charge in [-0.15, -0.1) is 0 Å². The Morgan fingerprint density at radius 2 is 2.23 bits per heavy atom. The van der Waals surface area contributed by atoms with Crippen molar-refractivity contribution in [1.82, 2.24) is 10.6 Å². The van der Waals surface area contributed by atoms with Gasteiger partial charge in [0.1, 0.15) is 11.9 Å². The molecule has 0 bridgehead atoms. The molecule has 3 rings (SSSR count). The Bertz CT molecular complexity index is 724. The Labute approximate surface area is 150 Å². The van der Waals surface area contributed by atoms with Crippen LogP contribution in [-0.4, -0.2) is 43.6 Å². The van der Waals surface area contributed by atoms with Crippen LogP contribution >= 0.6 is 0 Å². The number of hydrogen-bond acceptors (Lipinski definition) is 4. The number of ether oxygens (including phenoxy) is 1. The van der Waals surface area contributed by atoms with Crippen LogP contribution in [0.1, 0.15) is 37.7 Å². The molecule has 2 N–H and O–H groups in total. The SMILES string of the molecule is CCC(=O)NC[C@H]1CN(c2ccc(C3CCNC(=O)C3)c(F)c2)C(=O)O1. The first-order chi connectivity index (χ1) is 12.5. The summed E-state index contributed by atoms with van der Waals surface area (Å²) < 4.78 is 19.8. The molecule has 8 heteroatoms. The third-order valence-electron chi connectivity index (χ3n) is 4.70. The molecule has 1 unspecified atom stereocenters. The molecular formula is C18H22FN3O4. The average Bonchev–Trinajstić information content (AvgIpc) is 3.00. The molecule has 0 aliphatic carbocycles. The van der Waals surface area contributed by atoms with Gasteiger partial charge in [-0.3, -0.25) is 14.5 Å². The molecule has 1 aromatic carbocycles. The summed E-state index contributed by atoms with van der Waals surface area (Å²) >= 11 is 0. The molecule has 2 heterocycles. The van der Waals surface area contributed by atoms with Gasteiger partial charge in [0.05, 0.1) is 18.8 Å². The lowest BCUT2D eigenvalue weighted by molar-refractivity contribution is -0.123. The monoisotopic (exact) mass is 363 g/mol. The number of rotatable bonds is 5. The zero-order valence-corrected chi connectivity index (χ0v) is 14.6. The van der Waals surface area contributed by atoms with Gasteiger partial charge in [-0.05, 0) is 30.0 Å². The van der Waals surface area contributed by atoms with Gasteiger partial charge in [0.15, 0.2) is 0 Å². The number of hydrogen-bond donors (Lipinski definition) is 2. The largest absolute Gasteiger partial charge is 0.442 e. The molecule has 0 spiro atoms. The highest BCUT2D eigenvalue weighted by atomic mass is 19.1. The van der Waals surface area contributed by atoms with Crippen LogP contribution in [0.4, 0.5) is 14.9 Å². The fourth-order valence-electron chi connectivity index (χ4n) is 3.26. The first-order valence-electron chi connectivity index (χ1n) is 8.79. The average molecular weight is 363 g/mol. The van der Waals surface area contributed by atoms with Crippen molar-refractivity contribution in [2.75, 3.05) is 24.5 Å². The standard InChI is InChI=1S/C18H22FN3O4/c1-2-16(23)21-9-13-10-22(18(25)26-13)12-3-4-14(15(19)8-12)11-5-6-20-17(24)7-11/h3-4,8,11,13H,2,5-7,9-10H2,1H3,(H,20,24)(H,21,23)/t11?,13-/m0/s1. The zero-order valence-electron chi connectivity index (χ0n) is 14.6. The second kappa shape index (κ2) is 7.72. The van der Waals surface area contributed by atoms with E-state index in [1.165, 1.54) is 11.0 Å². The summed E-state index contributed by atoms with van der Waals surface area (Å²) in [7, 11) is 0. The van der Waals surface area contributed by atoms with Crippen LogP contribution in [-0.2, 0) is 14.3 Å². The van der Waals surface area contributed by atoms with E-state index in [0.717, 1.165) is 0 Å². The lowest BCUT2D eigenvalue weighted by atomic mass is 9.89. The summed E-state index contributed by atoms with van der Waals surface area (Å²) in [4.78, 5) is 36.2. The van der Waals surface area contributed by atoms with Crippen molar-refractivity contribution < 1.29 is 23.5 Å². The Morgan fingerprint density at radius 1 is 1.42 bits per heavy atom. The fourth-order valence-corrected chi connectivity index (χ4v) is 3.26. The molecule has 3 amide bonds. The maximum atomic E-state index is 14.6. The topological polar surface area (TPSA) is 87.7 Å². The highest BCUT2D eigenvalue weighted by Crippen LogP contribution is 2.31. The maximum absolute atomic E-state index is 14.6. The molecule has 2 fully saturated rings. The molecule has 2 aliphatic rings. The Morgan fingerprint density at radius 3 is 2.92 bits per heavy atom. The number of carbonyl (C=O) groups is 3. The Kier molecular flexibility index (Phi) is 5.39. The first kappa shape index (κ1) is 18.2. The Balaban J connectivity index is 1.68. The summed E-state index contributed by atoms with van der Waals surface area (Å²) in [6, 6.07) is 4.60. The number of halogens is 1. The Hall–Kier alpha value is -2.64. The molecule has 140 valence electrons. The van der Waals surface area contributed by atoms with Crippen molar-refractivity contribution in [1.29, 1.82) is 0 Å². The van der Waals surface area contributed by atoms with Gasteiger partial charge in [-0.1, -0.05) is 13.0 Å². The third-order valence-corrected chi connectivity index (χ3v) is 4.70. The minimum Gasteiger partial charge on any atom is -0.442 e. The van der Waals surface area contributed by atoms with Crippen LogP contribution in [0.5, 0.6) is 0 Å². The second-order valence-electron chi connectivity index (χ2n) is 6.52. The van der Waals surface area contributed by atoms with Crippen LogP contribution in [0, 0.1) is 5.82 Å². The number of benzene rings is 1. The van der Waals surface area contributed by atoms with Crippen LogP contribution in [0.15, 0.2) is 18.2 Å². The molecule has 26 heavy (non-hydrogen) atoms. The summed E-state index contributed by atoms with van der Waals surface area (Å²) in [5.74, 6) is -0.783. The highest BCUT2D eigenvalue weighted by molar-refractivity contribution is 5.90. The number of piperidine rings is 1. The van der Waals surface area contributed by atoms with E-state index < -0.39 is 18.0 Å². The summed E-state index contributed by atoms with van der Waals surface area (Å²) in [5.41, 5.74) is 0.892. The summed E-state index contributed by atoms with van der Waals surface area (Å²) in [6.07, 6.45) is 0.275. The van der Waals surface area contributed by atoms with E-state index >= 15 is 0 Å². The van der Waals surface area contributed by atoms with Crippen molar-refractivity contribution in [2.24, 2.45) is 0 Å². The van der Waals surface area contributed by atoms with Gasteiger partial charge < -0.3 is 15.4 Å². The lowest BCUT2D eigenvalue weighted by Crippen LogP contribution is -2.34. The van der Waals surface area contributed by atoms with E-state index in [-0.39, 0.29) is 37.2 Å². The van der Waals surface area contributed by atoms with Crippen molar-refractivity contribution in [3.63, 3.8) is 0 Å². The van der Waals surface area contributed by atoms with E-state index in [1.54, 1.807) is 19.1 Å². The molecular weight excluding hydrogens is 341 g/mol. The van der Waals surface area contributed by atoms with Crippen molar-refractivity contribution in [3.05, 3.63) is 29.6 Å². The van der Waals surface area contributed by atoms with E-state index in [1.807, 2.05) is 0 Å². The maximum Gasteiger partial charge on any atom is 0.414 e. The predicted molar refractivity (Wildman–Crippen MR) is 92.3 cm³/mol. The van der Waals surface area contributed by atoms with E-state index in [9.17, 15) is 18.8 Å². The minimum atomic E-state index is -0.565. The normalized spacial score (nSPS) is 22.8. The quantitative estimate of drug-likeness (QED) is 0.833. The van der Waals surface area contributed by atoms with Gasteiger partial charge in [-0.2, -0.15) is 0 Å². The fraction of sp³-hybridized carbons (Fsp3) is 0.500. The first-order valence-corrected chi connectivity index (χ1v) is 8.79. The third kappa shape index (κ3) is 3.95. The van der Waals surface area contributed by atoms with Crippen LogP contribution in [0.25, 0.3) is 0 Å². The minimum absolute atomic E-state index is 0.0789. The molecule has 2 aliphatic heterocycles. The van der Waals surface area contributed by atoms with Gasteiger partial charge >= 0.3 is 6.09 Å². The number of amides is 3. The van der Waals surface area contributed by atoms with Gasteiger partial charge in [0, 0.05) is 19.4 Å². The molecule has 0 saturated carbocycles. The summed E-state index contributed by atoms with van der Waals surface area (Å²) in [5, 5.41) is 5.41. The van der Waals surface area contributed by atoms with Crippen molar-refractivity contribution in [2.45, 2.75) is 38.2 Å². The molecule has 2 atom stereocenters. The highest BCUT2D eigenvalue weighted by Gasteiger charge is 2.33. The van der Waals surface area contributed by atoms with Crippen LogP contribution in [0.2, 0.25) is 0 Å². The number of carbonyl (C=O) groups excluding carboxylic acids is 3. The molecule has 7 nitrogen and oxygen atoms in total. The number of nitrogens with zero attached hydrogens (tertiary/aromatic N) is 1. The lowest BCUT2D eigenvalue weighted by Gasteiger charge is -2.23. The van der Waals surface area contributed by atoms with Crippen molar-refractivity contribution in [3.8, 4) is 0 Å². The van der Waals surface area contributed by atoms with E-state index in [4.69, 9.17) is 4.74 Å². The second-order valence-corrected chi connectivity index (χ2v) is 6.52. The summed E-state index contributed by atoms with van der Waals surface area (Å²) in [6.45, 7) is 2.75. The van der Waals surface area contributed by atoms with Crippen molar-refractivity contribution >= 4 is 23.6 Å². The molecule has 1 aromatic rings. The number of nitrogens with one attached hydrogen (secondary N) is 2. The van der Waals surface area contributed by atoms with Crippen LogP contribution in [0.3, 0.4) is 0 Å². The smallest absolute Gasteiger partial charge is 0.414 e. The van der Waals surface area contributed by atoms with Crippen LogP contribution < -0.4 is 15.5 Å². The predicted octanol–water partition coefficient (Wildman–Crippen LogP) is 1.67. The van der Waals surface area contributed by atoms with Gasteiger partial charge in [-0.25, -0.2) is 9.18 Å². The number of anilines is 1.